The van der Waals surface area contributed by atoms with Crippen LogP contribution in [0.5, 0.6) is 5.75 Å². The summed E-state index contributed by atoms with van der Waals surface area (Å²) in [5.74, 6) is 0.870. The number of ketones is 1. The lowest BCUT2D eigenvalue weighted by Gasteiger charge is -2.07. The second-order valence-electron chi connectivity index (χ2n) is 4.23. The Labute approximate surface area is 107 Å². The number of allylic oxidation sites excluding steroid dienone is 1. The van der Waals surface area contributed by atoms with E-state index < -0.39 is 0 Å². The largest absolute Gasteiger partial charge is 0.495 e. The maximum atomic E-state index is 11.7. The first kappa shape index (κ1) is 12.4. The molecule has 0 N–H and O–H groups in total. The number of Topliss-reactive ketones (excluding diaryl/α,β-unsaturated/α-hetero) is 1. The molecule has 0 unspecified atom stereocenters. The Kier molecular flexibility index (Phi) is 3.51. The van der Waals surface area contributed by atoms with E-state index in [9.17, 15) is 4.79 Å². The Balaban J connectivity index is 2.68. The van der Waals surface area contributed by atoms with E-state index in [2.05, 4.69) is 11.1 Å². The SMILES string of the molecule is C=CCCn1cc(C(C)=O)c2cccc(OC)c21. The third-order valence-electron chi connectivity index (χ3n) is 3.03. The van der Waals surface area contributed by atoms with Crippen molar-refractivity contribution in [2.45, 2.75) is 19.9 Å². The highest BCUT2D eigenvalue weighted by molar-refractivity contribution is 6.08. The van der Waals surface area contributed by atoms with Gasteiger partial charge in [0.25, 0.3) is 0 Å². The Hall–Kier alpha value is -2.03. The molecule has 3 nitrogen and oxygen atoms in total. The minimum absolute atomic E-state index is 0.0746. The number of methoxy groups -OCH3 is 1. The van der Waals surface area contributed by atoms with Crippen molar-refractivity contribution < 1.29 is 9.53 Å². The number of hydrogen-bond acceptors (Lipinski definition) is 2. The molecule has 18 heavy (non-hydrogen) atoms. The first-order valence-electron chi connectivity index (χ1n) is 5.96. The molecule has 0 spiro atoms. The van der Waals surface area contributed by atoms with Gasteiger partial charge in [-0.3, -0.25) is 4.79 Å². The smallest absolute Gasteiger partial charge is 0.161 e. The molecule has 1 aromatic heterocycles. The van der Waals surface area contributed by atoms with Crippen molar-refractivity contribution in [1.29, 1.82) is 0 Å². The van der Waals surface area contributed by atoms with E-state index in [-0.39, 0.29) is 5.78 Å². The van der Waals surface area contributed by atoms with Crippen LogP contribution in [0.15, 0.2) is 37.1 Å². The molecule has 0 fully saturated rings. The van der Waals surface area contributed by atoms with Crippen LogP contribution in [0.25, 0.3) is 10.9 Å². The number of nitrogens with zero attached hydrogens (tertiary/aromatic N) is 1. The zero-order valence-electron chi connectivity index (χ0n) is 10.8. The van der Waals surface area contributed by atoms with Gasteiger partial charge < -0.3 is 9.30 Å². The molecule has 0 aliphatic heterocycles. The van der Waals surface area contributed by atoms with Gasteiger partial charge in [-0.15, -0.1) is 6.58 Å². The minimum atomic E-state index is 0.0746. The Morgan fingerprint density at radius 2 is 2.28 bits per heavy atom. The second-order valence-corrected chi connectivity index (χ2v) is 4.23. The van der Waals surface area contributed by atoms with E-state index in [1.54, 1.807) is 14.0 Å². The van der Waals surface area contributed by atoms with Gasteiger partial charge in [0.2, 0.25) is 0 Å². The maximum absolute atomic E-state index is 11.7. The lowest BCUT2D eigenvalue weighted by Crippen LogP contribution is -1.96. The highest BCUT2D eigenvalue weighted by Crippen LogP contribution is 2.30. The van der Waals surface area contributed by atoms with Crippen LogP contribution in [0.4, 0.5) is 0 Å². The number of carbonyl (C=O) groups excluding carboxylic acids is 1. The molecule has 0 aliphatic rings. The summed E-state index contributed by atoms with van der Waals surface area (Å²) >= 11 is 0. The van der Waals surface area contributed by atoms with E-state index in [4.69, 9.17) is 4.74 Å². The zero-order valence-corrected chi connectivity index (χ0v) is 10.8. The first-order chi connectivity index (χ1) is 8.69. The van der Waals surface area contributed by atoms with Crippen LogP contribution in [0, 0.1) is 0 Å². The molecule has 0 aliphatic carbocycles. The highest BCUT2D eigenvalue weighted by Gasteiger charge is 2.14. The standard InChI is InChI=1S/C15H17NO2/c1-4-5-9-16-10-13(11(2)17)12-7-6-8-14(18-3)15(12)16/h4,6-8,10H,1,5,9H2,2-3H3. The van der Waals surface area contributed by atoms with Crippen molar-refractivity contribution in [2.24, 2.45) is 0 Å². The van der Waals surface area contributed by atoms with Crippen molar-refractivity contribution >= 4 is 16.7 Å². The zero-order chi connectivity index (χ0) is 13.1. The quantitative estimate of drug-likeness (QED) is 0.595. The number of aryl methyl sites for hydroxylation is 1. The van der Waals surface area contributed by atoms with E-state index in [1.807, 2.05) is 30.5 Å². The summed E-state index contributed by atoms with van der Waals surface area (Å²) in [5.41, 5.74) is 1.72. The lowest BCUT2D eigenvalue weighted by molar-refractivity contribution is 0.101. The third-order valence-corrected chi connectivity index (χ3v) is 3.03. The third kappa shape index (κ3) is 2.04. The molecule has 0 radical (unpaired) electrons. The summed E-state index contributed by atoms with van der Waals surface area (Å²) in [4.78, 5) is 11.7. The predicted octanol–water partition coefficient (Wildman–Crippen LogP) is 3.43. The summed E-state index contributed by atoms with van der Waals surface area (Å²) in [6.07, 6.45) is 4.63. The Morgan fingerprint density at radius 3 is 2.89 bits per heavy atom. The topological polar surface area (TPSA) is 31.2 Å². The van der Waals surface area contributed by atoms with Gasteiger partial charge in [0.1, 0.15) is 5.75 Å². The van der Waals surface area contributed by atoms with Crippen LogP contribution in [-0.2, 0) is 6.54 Å². The molecule has 3 heteroatoms. The summed E-state index contributed by atoms with van der Waals surface area (Å²) in [5, 5.41) is 0.950. The fourth-order valence-electron chi connectivity index (χ4n) is 2.18. The maximum Gasteiger partial charge on any atom is 0.161 e. The van der Waals surface area contributed by atoms with Gasteiger partial charge in [-0.05, 0) is 19.4 Å². The molecule has 2 aromatic rings. The summed E-state index contributed by atoms with van der Waals surface area (Å²) in [6, 6.07) is 5.78. The van der Waals surface area contributed by atoms with Gasteiger partial charge in [0.05, 0.1) is 12.6 Å². The average molecular weight is 243 g/mol. The van der Waals surface area contributed by atoms with Crippen LogP contribution in [0.3, 0.4) is 0 Å². The average Bonchev–Trinajstić information content (AvgIpc) is 2.75. The number of benzene rings is 1. The van der Waals surface area contributed by atoms with Crippen molar-refractivity contribution in [3.8, 4) is 5.75 Å². The van der Waals surface area contributed by atoms with Gasteiger partial charge in [0, 0.05) is 23.7 Å². The Bertz CT molecular complexity index is 596. The second kappa shape index (κ2) is 5.08. The van der Waals surface area contributed by atoms with E-state index in [0.717, 1.165) is 35.2 Å². The number of hydrogen-bond donors (Lipinski definition) is 0. The van der Waals surface area contributed by atoms with Crippen LogP contribution in [-0.4, -0.2) is 17.5 Å². The fraction of sp³-hybridized carbons (Fsp3) is 0.267. The molecule has 0 bridgehead atoms. The first-order valence-corrected chi connectivity index (χ1v) is 5.96. The predicted molar refractivity (Wildman–Crippen MR) is 73.3 cm³/mol. The van der Waals surface area contributed by atoms with Gasteiger partial charge in [-0.1, -0.05) is 18.2 Å². The van der Waals surface area contributed by atoms with Gasteiger partial charge in [-0.25, -0.2) is 0 Å². The molecule has 0 atom stereocenters. The van der Waals surface area contributed by atoms with E-state index in [0.29, 0.717) is 0 Å². The summed E-state index contributed by atoms with van der Waals surface area (Å²) < 4.78 is 7.45. The molecule has 1 aromatic carbocycles. The van der Waals surface area contributed by atoms with Crippen LogP contribution >= 0.6 is 0 Å². The van der Waals surface area contributed by atoms with Crippen LogP contribution in [0.2, 0.25) is 0 Å². The molecular formula is C15H17NO2. The number of ether oxygens (including phenoxy) is 1. The van der Waals surface area contributed by atoms with E-state index in [1.165, 1.54) is 0 Å². The lowest BCUT2D eigenvalue weighted by atomic mass is 10.1. The van der Waals surface area contributed by atoms with Gasteiger partial charge in [-0.2, -0.15) is 0 Å². The van der Waals surface area contributed by atoms with Gasteiger partial charge in [0.15, 0.2) is 5.78 Å². The van der Waals surface area contributed by atoms with Gasteiger partial charge >= 0.3 is 0 Å². The van der Waals surface area contributed by atoms with E-state index >= 15 is 0 Å². The number of carbonyl (C=O) groups is 1. The molecule has 0 amide bonds. The van der Waals surface area contributed by atoms with Crippen molar-refractivity contribution in [3.05, 3.63) is 42.6 Å². The molecule has 2 rings (SSSR count). The van der Waals surface area contributed by atoms with Crippen LogP contribution in [0.1, 0.15) is 23.7 Å². The molecule has 0 saturated carbocycles. The van der Waals surface area contributed by atoms with Crippen molar-refractivity contribution in [1.82, 2.24) is 4.57 Å². The monoisotopic (exact) mass is 243 g/mol. The number of aromatic nitrogens is 1. The molecule has 0 saturated heterocycles. The van der Waals surface area contributed by atoms with Crippen molar-refractivity contribution in [2.75, 3.05) is 7.11 Å². The number of fused-ring (bicyclic) bond motifs is 1. The van der Waals surface area contributed by atoms with Crippen molar-refractivity contribution in [3.63, 3.8) is 0 Å². The number of para-hydroxylation sites is 1. The summed E-state index contributed by atoms with van der Waals surface area (Å²) in [7, 11) is 1.65. The number of rotatable bonds is 5. The molecule has 1 heterocycles. The van der Waals surface area contributed by atoms with Crippen LogP contribution < -0.4 is 4.74 Å². The normalized spacial score (nSPS) is 10.6. The minimum Gasteiger partial charge on any atom is -0.495 e. The Morgan fingerprint density at radius 1 is 1.50 bits per heavy atom. The summed E-state index contributed by atoms with van der Waals surface area (Å²) in [6.45, 7) is 6.12. The highest BCUT2D eigenvalue weighted by atomic mass is 16.5. The molecule has 94 valence electrons. The molecular weight excluding hydrogens is 226 g/mol. The fourth-order valence-corrected chi connectivity index (χ4v) is 2.18.